The van der Waals surface area contributed by atoms with Crippen LogP contribution in [0.25, 0.3) is 0 Å². The minimum absolute atomic E-state index is 0.861. The molecule has 0 aromatic carbocycles. The van der Waals surface area contributed by atoms with Crippen LogP contribution in [0.1, 0.15) is 19.8 Å². The molecule has 64 valence electrons. The van der Waals surface area contributed by atoms with Gasteiger partial charge in [0.15, 0.2) is 0 Å². The third-order valence-corrected chi connectivity index (χ3v) is 3.32. The molecular formula is C9H18N2. The molecule has 0 amide bonds. The molecule has 3 aliphatic rings. The van der Waals surface area contributed by atoms with Crippen molar-refractivity contribution in [1.82, 2.24) is 9.80 Å². The Labute approximate surface area is 69.2 Å². The van der Waals surface area contributed by atoms with Crippen molar-refractivity contribution in [3.8, 4) is 0 Å². The lowest BCUT2D eigenvalue weighted by molar-refractivity contribution is -0.00301. The zero-order chi connectivity index (χ0) is 7.84. The molecule has 2 heteroatoms. The molecule has 0 aromatic heterocycles. The van der Waals surface area contributed by atoms with Crippen LogP contribution in [0, 0.1) is 0 Å². The fourth-order valence-electron chi connectivity index (χ4n) is 2.51. The highest BCUT2D eigenvalue weighted by Gasteiger charge is 2.35. The van der Waals surface area contributed by atoms with Gasteiger partial charge in [0.05, 0.1) is 0 Å². The number of piperidine rings is 2. The lowest BCUT2D eigenvalue weighted by Gasteiger charge is -2.50. The van der Waals surface area contributed by atoms with Gasteiger partial charge in [0.1, 0.15) is 0 Å². The molecule has 0 N–H and O–H groups in total. The number of rotatable bonds is 1. The predicted octanol–water partition coefficient (Wildman–Crippen LogP) is 0.785. The molecule has 3 heterocycles. The van der Waals surface area contributed by atoms with Crippen molar-refractivity contribution in [1.29, 1.82) is 0 Å². The fraction of sp³-hybridized carbons (Fsp3) is 1.00. The minimum Gasteiger partial charge on any atom is -0.301 e. The SMILES string of the molecule is CCN1CC2CCC1CN2C. The van der Waals surface area contributed by atoms with E-state index in [1.165, 1.54) is 32.5 Å². The van der Waals surface area contributed by atoms with Crippen LogP contribution >= 0.6 is 0 Å². The van der Waals surface area contributed by atoms with E-state index in [1.54, 1.807) is 0 Å². The Morgan fingerprint density at radius 2 is 1.91 bits per heavy atom. The van der Waals surface area contributed by atoms with Crippen LogP contribution in [-0.4, -0.2) is 48.6 Å². The van der Waals surface area contributed by atoms with Crippen molar-refractivity contribution < 1.29 is 0 Å². The van der Waals surface area contributed by atoms with Gasteiger partial charge in [-0.05, 0) is 26.4 Å². The molecule has 3 fully saturated rings. The summed E-state index contributed by atoms with van der Waals surface area (Å²) in [4.78, 5) is 5.16. The van der Waals surface area contributed by atoms with E-state index in [2.05, 4.69) is 23.8 Å². The van der Waals surface area contributed by atoms with Gasteiger partial charge in [-0.15, -0.1) is 0 Å². The van der Waals surface area contributed by atoms with Crippen molar-refractivity contribution in [3.05, 3.63) is 0 Å². The van der Waals surface area contributed by atoms with Crippen molar-refractivity contribution in [2.75, 3.05) is 26.7 Å². The van der Waals surface area contributed by atoms with Gasteiger partial charge in [-0.2, -0.15) is 0 Å². The second kappa shape index (κ2) is 2.76. The van der Waals surface area contributed by atoms with Gasteiger partial charge in [-0.25, -0.2) is 0 Å². The van der Waals surface area contributed by atoms with Crippen molar-refractivity contribution >= 4 is 0 Å². The molecule has 3 saturated heterocycles. The fourth-order valence-corrected chi connectivity index (χ4v) is 2.51. The Balaban J connectivity index is 2.04. The first-order valence-electron chi connectivity index (χ1n) is 4.75. The number of nitrogens with zero attached hydrogens (tertiary/aromatic N) is 2. The van der Waals surface area contributed by atoms with Gasteiger partial charge in [-0.3, -0.25) is 4.90 Å². The Hall–Kier alpha value is -0.0800. The molecule has 3 rings (SSSR count). The smallest absolute Gasteiger partial charge is 0.0224 e. The lowest BCUT2D eigenvalue weighted by Crippen LogP contribution is -2.61. The Morgan fingerprint density at radius 3 is 2.36 bits per heavy atom. The second-order valence-corrected chi connectivity index (χ2v) is 3.91. The lowest BCUT2D eigenvalue weighted by atomic mass is 9.91. The van der Waals surface area contributed by atoms with Crippen molar-refractivity contribution in [2.24, 2.45) is 0 Å². The molecular weight excluding hydrogens is 136 g/mol. The summed E-state index contributed by atoms with van der Waals surface area (Å²) in [6.45, 7) is 6.14. The summed E-state index contributed by atoms with van der Waals surface area (Å²) in [5.41, 5.74) is 0. The van der Waals surface area contributed by atoms with Gasteiger partial charge in [0, 0.05) is 25.2 Å². The molecule has 0 aromatic rings. The average Bonchev–Trinajstić information content (AvgIpc) is 2.05. The third kappa shape index (κ3) is 1.18. The van der Waals surface area contributed by atoms with Crippen LogP contribution in [0.4, 0.5) is 0 Å². The summed E-state index contributed by atoms with van der Waals surface area (Å²) >= 11 is 0. The largest absolute Gasteiger partial charge is 0.301 e. The molecule has 2 nitrogen and oxygen atoms in total. The highest BCUT2D eigenvalue weighted by Crippen LogP contribution is 2.26. The van der Waals surface area contributed by atoms with E-state index in [-0.39, 0.29) is 0 Å². The summed E-state index contributed by atoms with van der Waals surface area (Å²) < 4.78 is 0. The maximum Gasteiger partial charge on any atom is 0.0224 e. The van der Waals surface area contributed by atoms with E-state index in [1.807, 2.05) is 0 Å². The highest BCUT2D eigenvalue weighted by molar-refractivity contribution is 4.92. The van der Waals surface area contributed by atoms with Crippen LogP contribution < -0.4 is 0 Å². The summed E-state index contributed by atoms with van der Waals surface area (Å²) in [5.74, 6) is 0. The van der Waals surface area contributed by atoms with Gasteiger partial charge < -0.3 is 4.90 Å². The first-order valence-corrected chi connectivity index (χ1v) is 4.75. The summed E-state index contributed by atoms with van der Waals surface area (Å²) in [5, 5.41) is 0. The van der Waals surface area contributed by atoms with Crippen molar-refractivity contribution in [2.45, 2.75) is 31.8 Å². The van der Waals surface area contributed by atoms with E-state index >= 15 is 0 Å². The number of hydrogen-bond acceptors (Lipinski definition) is 2. The van der Waals surface area contributed by atoms with E-state index in [0.29, 0.717) is 0 Å². The standard InChI is InChI=1S/C9H18N2/c1-3-11-7-8-4-5-9(11)6-10(8)2/h8-9H,3-7H2,1-2H3. The molecule has 0 aliphatic carbocycles. The van der Waals surface area contributed by atoms with Crippen LogP contribution in [0.15, 0.2) is 0 Å². The quantitative estimate of drug-likeness (QED) is 0.551. The summed E-state index contributed by atoms with van der Waals surface area (Å²) in [6, 6.07) is 1.73. The first-order chi connectivity index (χ1) is 5.31. The molecule has 0 radical (unpaired) electrons. The van der Waals surface area contributed by atoms with E-state index in [9.17, 15) is 0 Å². The Bertz CT molecular complexity index is 146. The maximum atomic E-state index is 2.63. The molecule has 2 atom stereocenters. The molecule has 11 heavy (non-hydrogen) atoms. The molecule has 0 spiro atoms. The van der Waals surface area contributed by atoms with E-state index in [4.69, 9.17) is 0 Å². The molecule has 2 unspecified atom stereocenters. The topological polar surface area (TPSA) is 6.48 Å². The number of likely N-dealkylation sites (N-methyl/N-ethyl adjacent to an activating group) is 2. The highest BCUT2D eigenvalue weighted by atomic mass is 15.3. The average molecular weight is 154 g/mol. The van der Waals surface area contributed by atoms with Gasteiger partial charge in [0.2, 0.25) is 0 Å². The van der Waals surface area contributed by atoms with Crippen LogP contribution in [0.3, 0.4) is 0 Å². The van der Waals surface area contributed by atoms with Crippen molar-refractivity contribution in [3.63, 3.8) is 0 Å². The maximum absolute atomic E-state index is 2.63. The van der Waals surface area contributed by atoms with E-state index in [0.717, 1.165) is 12.1 Å². The number of piperazine rings is 1. The Kier molecular flexibility index (Phi) is 1.90. The normalized spacial score (nSPS) is 39.8. The first kappa shape index (κ1) is 7.56. The van der Waals surface area contributed by atoms with Gasteiger partial charge in [-0.1, -0.05) is 6.92 Å². The van der Waals surface area contributed by atoms with Crippen LogP contribution in [0.5, 0.6) is 0 Å². The second-order valence-electron chi connectivity index (χ2n) is 3.91. The number of hydrogen-bond donors (Lipinski definition) is 0. The summed E-state index contributed by atoms with van der Waals surface area (Å²) in [6.07, 6.45) is 2.86. The zero-order valence-corrected chi connectivity index (χ0v) is 7.58. The van der Waals surface area contributed by atoms with Crippen LogP contribution in [0.2, 0.25) is 0 Å². The van der Waals surface area contributed by atoms with Crippen LogP contribution in [-0.2, 0) is 0 Å². The van der Waals surface area contributed by atoms with E-state index < -0.39 is 0 Å². The monoisotopic (exact) mass is 154 g/mol. The third-order valence-electron chi connectivity index (χ3n) is 3.32. The minimum atomic E-state index is 0.861. The van der Waals surface area contributed by atoms with Gasteiger partial charge in [0.25, 0.3) is 0 Å². The van der Waals surface area contributed by atoms with Gasteiger partial charge >= 0.3 is 0 Å². The predicted molar refractivity (Wildman–Crippen MR) is 46.7 cm³/mol. The number of fused-ring (bicyclic) bond motifs is 3. The molecule has 0 saturated carbocycles. The Morgan fingerprint density at radius 1 is 1.18 bits per heavy atom. The summed E-state index contributed by atoms with van der Waals surface area (Å²) in [7, 11) is 2.27. The molecule has 2 bridgehead atoms. The zero-order valence-electron chi connectivity index (χ0n) is 7.58. The molecule has 3 aliphatic heterocycles.